The van der Waals surface area contributed by atoms with E-state index < -0.39 is 23.7 Å². The first-order valence-corrected chi connectivity index (χ1v) is 13.8. The molecule has 0 aliphatic heterocycles. The normalized spacial score (nSPS) is 10.8. The first kappa shape index (κ1) is 26.9. The number of pyridine rings is 2. The molecule has 32 heavy (non-hydrogen) atoms. The van der Waals surface area contributed by atoms with Crippen LogP contribution < -0.4 is 10.6 Å². The van der Waals surface area contributed by atoms with Gasteiger partial charge in [-0.1, -0.05) is 63.7 Å². The third-order valence-electron chi connectivity index (χ3n) is 4.30. The van der Waals surface area contributed by atoms with Crippen molar-refractivity contribution in [1.29, 1.82) is 0 Å². The molecule has 2 aromatic rings. The highest BCUT2D eigenvalue weighted by molar-refractivity contribution is 9.09. The SMILES string of the molecule is O=C(NCC(CNC(=O)c1cc(CBr)nc(CBr)c1)C(=O)O)c1cc(CBr)nc(CBr)c1. The van der Waals surface area contributed by atoms with Gasteiger partial charge in [-0.2, -0.15) is 0 Å². The molecule has 2 amide bonds. The molecule has 12 heteroatoms. The highest BCUT2D eigenvalue weighted by Gasteiger charge is 2.21. The minimum Gasteiger partial charge on any atom is -0.481 e. The third kappa shape index (κ3) is 7.89. The van der Waals surface area contributed by atoms with Crippen molar-refractivity contribution in [3.63, 3.8) is 0 Å². The van der Waals surface area contributed by atoms with Crippen LogP contribution in [0.15, 0.2) is 24.3 Å². The van der Waals surface area contributed by atoms with E-state index in [2.05, 4.69) is 84.3 Å². The van der Waals surface area contributed by atoms with Crippen LogP contribution >= 0.6 is 63.7 Å². The molecule has 0 atom stereocenters. The molecular formula is C20H20Br4N4O4. The molecule has 0 aliphatic carbocycles. The minimum absolute atomic E-state index is 0.139. The van der Waals surface area contributed by atoms with Gasteiger partial charge in [0.2, 0.25) is 0 Å². The van der Waals surface area contributed by atoms with E-state index in [-0.39, 0.29) is 13.1 Å². The maximum Gasteiger partial charge on any atom is 0.310 e. The second kappa shape index (κ2) is 13.4. The van der Waals surface area contributed by atoms with Gasteiger partial charge >= 0.3 is 5.97 Å². The maximum atomic E-state index is 12.5. The number of carbonyl (C=O) groups is 3. The lowest BCUT2D eigenvalue weighted by molar-refractivity contribution is -0.141. The Kier molecular flexibility index (Phi) is 11.2. The number of aliphatic carboxylic acids is 1. The summed E-state index contributed by atoms with van der Waals surface area (Å²) < 4.78 is 0. The Morgan fingerprint density at radius 1 is 0.719 bits per heavy atom. The maximum absolute atomic E-state index is 12.5. The van der Waals surface area contributed by atoms with Gasteiger partial charge in [0.05, 0.1) is 28.7 Å². The van der Waals surface area contributed by atoms with Crippen LogP contribution in [0.3, 0.4) is 0 Å². The molecule has 0 unspecified atom stereocenters. The van der Waals surface area contributed by atoms with Crippen molar-refractivity contribution in [2.45, 2.75) is 21.3 Å². The van der Waals surface area contributed by atoms with Crippen molar-refractivity contribution in [1.82, 2.24) is 20.6 Å². The van der Waals surface area contributed by atoms with Crippen LogP contribution in [0, 0.1) is 5.92 Å². The molecular weight excluding hydrogens is 680 g/mol. The van der Waals surface area contributed by atoms with Gasteiger partial charge in [0.1, 0.15) is 0 Å². The summed E-state index contributed by atoms with van der Waals surface area (Å²) in [5, 5.41) is 16.7. The smallest absolute Gasteiger partial charge is 0.310 e. The highest BCUT2D eigenvalue weighted by Crippen LogP contribution is 2.13. The number of carboxylic acid groups (broad SMARTS) is 1. The molecule has 0 fully saturated rings. The predicted molar refractivity (Wildman–Crippen MR) is 135 cm³/mol. The fraction of sp³-hybridized carbons (Fsp3) is 0.350. The summed E-state index contributed by atoms with van der Waals surface area (Å²) in [7, 11) is 0. The van der Waals surface area contributed by atoms with Crippen molar-refractivity contribution in [2.75, 3.05) is 13.1 Å². The molecule has 8 nitrogen and oxygen atoms in total. The predicted octanol–water partition coefficient (Wildman–Crippen LogP) is 3.92. The number of alkyl halides is 4. The van der Waals surface area contributed by atoms with Crippen LogP contribution in [-0.4, -0.2) is 45.9 Å². The molecule has 2 aromatic heterocycles. The van der Waals surface area contributed by atoms with E-state index >= 15 is 0 Å². The number of carbonyl (C=O) groups excluding carboxylic acids is 2. The second-order valence-electron chi connectivity index (χ2n) is 6.67. The Labute approximate surface area is 218 Å². The summed E-state index contributed by atoms with van der Waals surface area (Å²) in [6.45, 7) is -0.278. The second-order valence-corrected chi connectivity index (χ2v) is 8.91. The third-order valence-corrected chi connectivity index (χ3v) is 6.60. The van der Waals surface area contributed by atoms with Crippen LogP contribution in [0.25, 0.3) is 0 Å². The molecule has 0 saturated carbocycles. The Hall–Kier alpha value is -1.37. The summed E-state index contributed by atoms with van der Waals surface area (Å²) >= 11 is 13.3. The van der Waals surface area contributed by atoms with Crippen LogP contribution in [0.4, 0.5) is 0 Å². The Balaban J connectivity index is 2.02. The fourth-order valence-electron chi connectivity index (χ4n) is 2.72. The number of amides is 2. The first-order chi connectivity index (χ1) is 15.3. The Bertz CT molecular complexity index is 874. The topological polar surface area (TPSA) is 121 Å². The lowest BCUT2D eigenvalue weighted by Gasteiger charge is -2.15. The molecule has 0 radical (unpaired) electrons. The van der Waals surface area contributed by atoms with Gasteiger partial charge in [0, 0.05) is 45.5 Å². The lowest BCUT2D eigenvalue weighted by atomic mass is 10.1. The zero-order valence-electron chi connectivity index (χ0n) is 16.7. The molecule has 0 bridgehead atoms. The zero-order chi connectivity index (χ0) is 23.7. The Morgan fingerprint density at radius 2 is 1.03 bits per heavy atom. The van der Waals surface area contributed by atoms with Crippen LogP contribution in [0.5, 0.6) is 0 Å². The number of rotatable bonds is 11. The van der Waals surface area contributed by atoms with Crippen molar-refractivity contribution in [2.24, 2.45) is 5.92 Å². The van der Waals surface area contributed by atoms with Gasteiger partial charge in [-0.15, -0.1) is 0 Å². The lowest BCUT2D eigenvalue weighted by Crippen LogP contribution is -2.40. The molecule has 0 spiro atoms. The average molecular weight is 700 g/mol. The summed E-state index contributed by atoms with van der Waals surface area (Å²) in [6, 6.07) is 6.56. The zero-order valence-corrected chi connectivity index (χ0v) is 23.1. The summed E-state index contributed by atoms with van der Waals surface area (Å²) in [5.41, 5.74) is 3.54. The largest absolute Gasteiger partial charge is 0.481 e. The highest BCUT2D eigenvalue weighted by atomic mass is 79.9. The van der Waals surface area contributed by atoms with Crippen molar-refractivity contribution < 1.29 is 19.5 Å². The van der Waals surface area contributed by atoms with E-state index in [1.807, 2.05) is 0 Å². The number of nitrogens with one attached hydrogen (secondary N) is 2. The molecule has 0 aliphatic rings. The van der Waals surface area contributed by atoms with Gasteiger partial charge in [-0.25, -0.2) is 0 Å². The van der Waals surface area contributed by atoms with Crippen molar-refractivity contribution in [3.8, 4) is 0 Å². The average Bonchev–Trinajstić information content (AvgIpc) is 2.82. The number of aromatic nitrogens is 2. The number of halogens is 4. The van der Waals surface area contributed by atoms with Gasteiger partial charge in [-0.3, -0.25) is 24.4 Å². The van der Waals surface area contributed by atoms with Crippen LogP contribution in [0.2, 0.25) is 0 Å². The number of carboxylic acids is 1. The van der Waals surface area contributed by atoms with Crippen LogP contribution in [0.1, 0.15) is 43.5 Å². The van der Waals surface area contributed by atoms with E-state index in [1.165, 1.54) is 0 Å². The van der Waals surface area contributed by atoms with E-state index in [1.54, 1.807) is 24.3 Å². The summed E-state index contributed by atoms with van der Waals surface area (Å²) in [4.78, 5) is 45.4. The molecule has 172 valence electrons. The number of hydrogen-bond acceptors (Lipinski definition) is 5. The molecule has 3 N–H and O–H groups in total. The van der Waals surface area contributed by atoms with Gasteiger partial charge in [0.15, 0.2) is 0 Å². The molecule has 2 heterocycles. The fourth-order valence-corrected chi connectivity index (χ4v) is 3.87. The summed E-state index contributed by atoms with van der Waals surface area (Å²) in [6.07, 6.45) is 0. The van der Waals surface area contributed by atoms with Gasteiger partial charge < -0.3 is 15.7 Å². The monoisotopic (exact) mass is 696 g/mol. The van der Waals surface area contributed by atoms with E-state index in [4.69, 9.17) is 0 Å². The number of hydrogen-bond donors (Lipinski definition) is 3. The first-order valence-electron chi connectivity index (χ1n) is 9.34. The standard InChI is InChI=1S/C20H20Br4N4O4/c21-5-14-1-11(2-15(6-22)27-14)18(29)25-9-13(20(31)32)10-26-19(30)12-3-16(7-23)28-17(4-12)8-24/h1-4,13H,5-10H2,(H,25,29)(H,26,30)(H,31,32). The van der Waals surface area contributed by atoms with Crippen molar-refractivity contribution >= 4 is 81.5 Å². The molecule has 0 aromatic carbocycles. The van der Waals surface area contributed by atoms with Gasteiger partial charge in [-0.05, 0) is 24.3 Å². The van der Waals surface area contributed by atoms with E-state index in [0.717, 1.165) is 0 Å². The Morgan fingerprint density at radius 3 is 1.28 bits per heavy atom. The van der Waals surface area contributed by atoms with Crippen molar-refractivity contribution in [3.05, 3.63) is 58.2 Å². The molecule has 0 saturated heterocycles. The number of nitrogens with zero attached hydrogens (tertiary/aromatic N) is 2. The minimum atomic E-state index is -1.13. The quantitative estimate of drug-likeness (QED) is 0.306. The van der Waals surface area contributed by atoms with Gasteiger partial charge in [0.25, 0.3) is 11.8 Å². The summed E-state index contributed by atoms with van der Waals surface area (Å²) in [5.74, 6) is -2.94. The molecule has 2 rings (SSSR count). The van der Waals surface area contributed by atoms with E-state index in [9.17, 15) is 19.5 Å². The van der Waals surface area contributed by atoms with E-state index in [0.29, 0.717) is 55.2 Å². The van der Waals surface area contributed by atoms with Crippen LogP contribution in [-0.2, 0) is 26.1 Å².